The molecule has 1 saturated heterocycles. The molecule has 0 aliphatic carbocycles. The number of piperazine rings is 1. The first-order valence-corrected chi connectivity index (χ1v) is 9.44. The third-order valence-corrected chi connectivity index (χ3v) is 5.44. The van der Waals surface area contributed by atoms with Crippen LogP contribution in [-0.2, 0) is 11.3 Å². The lowest BCUT2D eigenvalue weighted by Crippen LogP contribution is -3.13. The number of nitrogens with two attached hydrogens (primary N) is 1. The Kier molecular flexibility index (Phi) is 4.83. The van der Waals surface area contributed by atoms with Crippen LogP contribution < -0.4 is 10.6 Å². The Labute approximate surface area is 163 Å². The zero-order valence-corrected chi connectivity index (χ0v) is 15.6. The van der Waals surface area contributed by atoms with Crippen LogP contribution in [0.3, 0.4) is 0 Å². The first kappa shape index (κ1) is 18.2. The van der Waals surface area contributed by atoms with Gasteiger partial charge in [0.25, 0.3) is 11.8 Å². The summed E-state index contributed by atoms with van der Waals surface area (Å²) >= 11 is 0. The Morgan fingerprint density at radius 2 is 1.68 bits per heavy atom. The van der Waals surface area contributed by atoms with E-state index in [1.165, 1.54) is 10.5 Å². The molecule has 0 spiro atoms. The Hall–Kier alpha value is -3.19. The van der Waals surface area contributed by atoms with Gasteiger partial charge in [-0.25, -0.2) is 0 Å². The molecule has 3 N–H and O–H groups in total. The monoisotopic (exact) mass is 379 g/mol. The molecule has 0 bridgehead atoms. The average Bonchev–Trinajstić information content (AvgIpc) is 2.95. The third kappa shape index (κ3) is 3.36. The summed E-state index contributed by atoms with van der Waals surface area (Å²) in [5, 5.41) is 0. The number of hydrogen-bond acceptors (Lipinski definition) is 4. The van der Waals surface area contributed by atoms with Gasteiger partial charge < -0.3 is 15.5 Å². The summed E-state index contributed by atoms with van der Waals surface area (Å²) in [5.41, 5.74) is 7.87. The average molecular weight is 379 g/mol. The highest BCUT2D eigenvalue weighted by Crippen LogP contribution is 2.27. The van der Waals surface area contributed by atoms with E-state index < -0.39 is 11.8 Å². The fourth-order valence-corrected chi connectivity index (χ4v) is 3.87. The number of imide groups is 1. The second-order valence-electron chi connectivity index (χ2n) is 7.26. The predicted molar refractivity (Wildman–Crippen MR) is 104 cm³/mol. The molecule has 2 aliphatic rings. The summed E-state index contributed by atoms with van der Waals surface area (Å²) in [7, 11) is 0. The van der Waals surface area contributed by atoms with Crippen LogP contribution in [0.1, 0.15) is 26.3 Å². The molecule has 7 heteroatoms. The number of nitrogen functional groups attached to an aromatic ring is 1. The van der Waals surface area contributed by atoms with Crippen molar-refractivity contribution in [2.75, 3.05) is 38.5 Å². The van der Waals surface area contributed by atoms with Crippen LogP contribution in [0.2, 0.25) is 0 Å². The van der Waals surface area contributed by atoms with Crippen molar-refractivity contribution in [3.63, 3.8) is 0 Å². The smallest absolute Gasteiger partial charge is 0.264 e. The molecule has 2 aromatic carbocycles. The minimum Gasteiger partial charge on any atom is -0.398 e. The van der Waals surface area contributed by atoms with Gasteiger partial charge in [-0.3, -0.25) is 19.3 Å². The molecule has 0 atom stereocenters. The number of nitrogens with one attached hydrogen (secondary N) is 1. The van der Waals surface area contributed by atoms with Crippen molar-refractivity contribution in [3.8, 4) is 0 Å². The van der Waals surface area contributed by atoms with Crippen LogP contribution in [-0.4, -0.2) is 60.2 Å². The number of carbonyl (C=O) groups excluding carboxylic acids is 3. The molecule has 2 aromatic rings. The van der Waals surface area contributed by atoms with Gasteiger partial charge in [0, 0.05) is 11.3 Å². The first-order valence-electron chi connectivity index (χ1n) is 9.44. The van der Waals surface area contributed by atoms with E-state index in [1.54, 1.807) is 23.1 Å². The van der Waals surface area contributed by atoms with E-state index in [1.807, 2.05) is 18.2 Å². The predicted octanol–water partition coefficient (Wildman–Crippen LogP) is -0.208. The van der Waals surface area contributed by atoms with Crippen molar-refractivity contribution in [1.82, 2.24) is 9.80 Å². The van der Waals surface area contributed by atoms with E-state index >= 15 is 0 Å². The van der Waals surface area contributed by atoms with Crippen LogP contribution in [0.4, 0.5) is 5.69 Å². The van der Waals surface area contributed by atoms with Gasteiger partial charge in [0.1, 0.15) is 13.1 Å². The fourth-order valence-electron chi connectivity index (χ4n) is 3.87. The number of nitrogens with zero attached hydrogens (tertiary/aromatic N) is 2. The highest BCUT2D eigenvalue weighted by Gasteiger charge is 2.39. The molecule has 4 rings (SSSR count). The van der Waals surface area contributed by atoms with E-state index in [0.717, 1.165) is 24.5 Å². The van der Waals surface area contributed by atoms with Crippen molar-refractivity contribution in [2.24, 2.45) is 0 Å². The number of rotatable bonds is 4. The maximum atomic E-state index is 12.7. The second kappa shape index (κ2) is 7.44. The summed E-state index contributed by atoms with van der Waals surface area (Å²) < 4.78 is 0. The summed E-state index contributed by atoms with van der Waals surface area (Å²) in [6.07, 6.45) is 0. The number of anilines is 1. The highest BCUT2D eigenvalue weighted by atomic mass is 16.2. The molecule has 2 heterocycles. The largest absolute Gasteiger partial charge is 0.398 e. The molecule has 0 radical (unpaired) electrons. The highest BCUT2D eigenvalue weighted by molar-refractivity contribution is 6.24. The zero-order valence-electron chi connectivity index (χ0n) is 15.6. The number of benzene rings is 2. The van der Waals surface area contributed by atoms with Crippen LogP contribution in [0, 0.1) is 0 Å². The van der Waals surface area contributed by atoms with Crippen molar-refractivity contribution in [2.45, 2.75) is 6.54 Å². The van der Waals surface area contributed by atoms with Crippen LogP contribution in [0.15, 0.2) is 48.5 Å². The molecule has 0 unspecified atom stereocenters. The molecule has 0 saturated carbocycles. The van der Waals surface area contributed by atoms with Gasteiger partial charge >= 0.3 is 0 Å². The Morgan fingerprint density at radius 3 is 2.36 bits per heavy atom. The molecule has 2 aliphatic heterocycles. The molecular weight excluding hydrogens is 356 g/mol. The maximum Gasteiger partial charge on any atom is 0.264 e. The number of hydrogen-bond donors (Lipinski definition) is 2. The molecule has 28 heavy (non-hydrogen) atoms. The van der Waals surface area contributed by atoms with E-state index in [0.29, 0.717) is 13.1 Å². The minimum atomic E-state index is -0.486. The number of quaternary nitrogens is 1. The molecule has 144 valence electrons. The van der Waals surface area contributed by atoms with Crippen molar-refractivity contribution in [3.05, 3.63) is 65.2 Å². The van der Waals surface area contributed by atoms with E-state index in [2.05, 4.69) is 12.1 Å². The summed E-state index contributed by atoms with van der Waals surface area (Å²) in [5.74, 6) is -1.14. The molecular formula is C21H23N4O3+. The number of amides is 3. The van der Waals surface area contributed by atoms with Gasteiger partial charge in [0.05, 0.1) is 37.3 Å². The van der Waals surface area contributed by atoms with Gasteiger partial charge in [0.15, 0.2) is 0 Å². The molecule has 1 fully saturated rings. The zero-order chi connectivity index (χ0) is 19.7. The summed E-state index contributed by atoms with van der Waals surface area (Å²) in [6.45, 7) is 3.62. The van der Waals surface area contributed by atoms with Crippen molar-refractivity contribution >= 4 is 23.4 Å². The van der Waals surface area contributed by atoms with E-state index in [9.17, 15) is 14.4 Å². The number of fused-ring (bicyclic) bond motifs is 1. The van der Waals surface area contributed by atoms with Crippen molar-refractivity contribution in [1.29, 1.82) is 0 Å². The van der Waals surface area contributed by atoms with Gasteiger partial charge in [-0.1, -0.05) is 36.4 Å². The van der Waals surface area contributed by atoms with Gasteiger partial charge in [-0.05, 0) is 12.1 Å². The molecule has 3 amide bonds. The van der Waals surface area contributed by atoms with E-state index in [4.69, 9.17) is 5.73 Å². The Balaban J connectivity index is 1.35. The van der Waals surface area contributed by atoms with Crippen LogP contribution in [0.5, 0.6) is 0 Å². The van der Waals surface area contributed by atoms with Crippen molar-refractivity contribution < 1.29 is 19.3 Å². The van der Waals surface area contributed by atoms with Gasteiger partial charge in [-0.2, -0.15) is 0 Å². The lowest BCUT2D eigenvalue weighted by atomic mass is 10.1. The van der Waals surface area contributed by atoms with Crippen LogP contribution >= 0.6 is 0 Å². The topological polar surface area (TPSA) is 88.2 Å². The van der Waals surface area contributed by atoms with Crippen LogP contribution in [0.25, 0.3) is 0 Å². The second-order valence-corrected chi connectivity index (χ2v) is 7.26. The van der Waals surface area contributed by atoms with Gasteiger partial charge in [-0.15, -0.1) is 0 Å². The summed E-state index contributed by atoms with van der Waals surface area (Å²) in [6, 6.07) is 15.1. The minimum absolute atomic E-state index is 0.202. The summed E-state index contributed by atoms with van der Waals surface area (Å²) in [4.78, 5) is 41.9. The first-order chi connectivity index (χ1) is 13.5. The lowest BCUT2D eigenvalue weighted by molar-refractivity contribution is -0.917. The Morgan fingerprint density at radius 1 is 0.964 bits per heavy atom. The normalized spacial score (nSPS) is 17.1. The Bertz CT molecular complexity index is 921. The number of carbonyl (C=O) groups is 3. The molecule has 7 nitrogen and oxygen atoms in total. The van der Waals surface area contributed by atoms with Gasteiger partial charge in [0.2, 0.25) is 5.91 Å². The quantitative estimate of drug-likeness (QED) is 0.569. The van der Waals surface area contributed by atoms with E-state index in [-0.39, 0.29) is 29.3 Å². The lowest BCUT2D eigenvalue weighted by Gasteiger charge is -2.33. The standard InChI is InChI=1S/C21H22N4O3/c22-17-8-4-7-16-19(17)21(28)25(20(16)27)14-18(26)24-11-9-23(10-12-24)13-15-5-2-1-3-6-15/h1-8H,9-14,22H2/p+1. The SMILES string of the molecule is Nc1cccc2c1C(=O)N(CC(=O)N1CC[NH+](Cc3ccccc3)CC1)C2=O. The molecule has 0 aromatic heterocycles. The fraction of sp³-hybridized carbons (Fsp3) is 0.286. The third-order valence-electron chi connectivity index (χ3n) is 5.44. The maximum absolute atomic E-state index is 12.7.